The van der Waals surface area contributed by atoms with Gasteiger partial charge in [-0.25, -0.2) is 4.39 Å². The van der Waals surface area contributed by atoms with E-state index in [1.54, 1.807) is 31.0 Å². The van der Waals surface area contributed by atoms with Gasteiger partial charge in [0.25, 0.3) is 0 Å². The summed E-state index contributed by atoms with van der Waals surface area (Å²) in [4.78, 5) is 13.0. The van der Waals surface area contributed by atoms with Crippen molar-refractivity contribution < 1.29 is 13.9 Å². The Morgan fingerprint density at radius 1 is 1.22 bits per heavy atom. The van der Waals surface area contributed by atoms with E-state index in [0.29, 0.717) is 24.3 Å². The van der Waals surface area contributed by atoms with Crippen molar-refractivity contribution in [2.24, 2.45) is 0 Å². The van der Waals surface area contributed by atoms with E-state index in [0.717, 1.165) is 4.90 Å². The molecule has 0 saturated carbocycles. The molecule has 0 aliphatic rings. The van der Waals surface area contributed by atoms with Gasteiger partial charge < -0.3 is 10.1 Å². The third kappa shape index (κ3) is 6.04. The van der Waals surface area contributed by atoms with Crippen LogP contribution >= 0.6 is 11.8 Å². The van der Waals surface area contributed by atoms with Crippen LogP contribution in [0.4, 0.5) is 4.39 Å². The van der Waals surface area contributed by atoms with E-state index in [9.17, 15) is 9.18 Å². The summed E-state index contributed by atoms with van der Waals surface area (Å²) in [5.74, 6) is 0.370. The summed E-state index contributed by atoms with van der Waals surface area (Å²) in [6, 6.07) is 16.2. The molecule has 122 valence electrons. The molecule has 0 spiro atoms. The van der Waals surface area contributed by atoms with Gasteiger partial charge in [0.2, 0.25) is 5.91 Å². The Morgan fingerprint density at radius 2 is 2.00 bits per heavy atom. The number of thioether (sulfide) groups is 1. The van der Waals surface area contributed by atoms with Gasteiger partial charge in [0, 0.05) is 30.7 Å². The Hall–Kier alpha value is -1.85. The number of carbonyl (C=O) groups is 1. The third-order valence-electron chi connectivity index (χ3n) is 3.33. The molecule has 0 aliphatic heterocycles. The average Bonchev–Trinajstić information content (AvgIpc) is 2.56. The highest BCUT2D eigenvalue weighted by molar-refractivity contribution is 7.99. The molecule has 23 heavy (non-hydrogen) atoms. The van der Waals surface area contributed by atoms with Crippen LogP contribution in [0.25, 0.3) is 0 Å². The second-order valence-corrected chi connectivity index (χ2v) is 6.16. The van der Waals surface area contributed by atoms with Gasteiger partial charge in [-0.15, -0.1) is 11.8 Å². The molecule has 1 unspecified atom stereocenters. The van der Waals surface area contributed by atoms with Gasteiger partial charge >= 0.3 is 0 Å². The number of halogens is 1. The van der Waals surface area contributed by atoms with Crippen LogP contribution in [0.2, 0.25) is 0 Å². The fourth-order valence-corrected chi connectivity index (χ4v) is 2.99. The summed E-state index contributed by atoms with van der Waals surface area (Å²) in [6.45, 7) is 0.328. The van der Waals surface area contributed by atoms with Crippen LogP contribution in [0, 0.1) is 5.82 Å². The Bertz CT molecular complexity index is 621. The van der Waals surface area contributed by atoms with Gasteiger partial charge in [0.05, 0.1) is 6.10 Å². The lowest BCUT2D eigenvalue weighted by atomic mass is 10.1. The highest BCUT2D eigenvalue weighted by atomic mass is 32.2. The predicted octanol–water partition coefficient (Wildman–Crippen LogP) is 3.81. The molecule has 1 N–H and O–H groups in total. The number of hydrogen-bond acceptors (Lipinski definition) is 3. The number of benzene rings is 2. The van der Waals surface area contributed by atoms with Crippen LogP contribution in [-0.4, -0.2) is 25.3 Å². The molecule has 0 heterocycles. The van der Waals surface area contributed by atoms with Crippen molar-refractivity contribution in [1.29, 1.82) is 0 Å². The second-order valence-electron chi connectivity index (χ2n) is 4.99. The molecular formula is C18H20FNO2S. The zero-order chi connectivity index (χ0) is 16.5. The van der Waals surface area contributed by atoms with Crippen molar-refractivity contribution in [1.82, 2.24) is 5.32 Å². The monoisotopic (exact) mass is 333 g/mol. The first-order valence-corrected chi connectivity index (χ1v) is 8.40. The lowest BCUT2D eigenvalue weighted by Crippen LogP contribution is -2.29. The Labute approximate surface area is 140 Å². The van der Waals surface area contributed by atoms with Crippen molar-refractivity contribution in [3.05, 3.63) is 66.0 Å². The molecule has 0 aliphatic carbocycles. The van der Waals surface area contributed by atoms with Gasteiger partial charge in [0.1, 0.15) is 5.82 Å². The van der Waals surface area contributed by atoms with Crippen LogP contribution in [0.5, 0.6) is 0 Å². The summed E-state index contributed by atoms with van der Waals surface area (Å²) >= 11 is 1.65. The summed E-state index contributed by atoms with van der Waals surface area (Å²) in [7, 11) is 1.55. The number of rotatable bonds is 8. The number of nitrogens with one attached hydrogen (secondary N) is 1. The van der Waals surface area contributed by atoms with E-state index < -0.39 is 0 Å². The van der Waals surface area contributed by atoms with Crippen molar-refractivity contribution >= 4 is 17.7 Å². The van der Waals surface area contributed by atoms with Crippen LogP contribution < -0.4 is 5.32 Å². The third-order valence-corrected chi connectivity index (χ3v) is 4.34. The topological polar surface area (TPSA) is 38.3 Å². The molecule has 2 aromatic carbocycles. The first-order valence-electron chi connectivity index (χ1n) is 7.42. The zero-order valence-corrected chi connectivity index (χ0v) is 13.8. The minimum atomic E-state index is -0.351. The van der Waals surface area contributed by atoms with Crippen molar-refractivity contribution in [3.8, 4) is 0 Å². The Morgan fingerprint density at radius 3 is 2.70 bits per heavy atom. The highest BCUT2D eigenvalue weighted by Gasteiger charge is 2.12. The average molecular weight is 333 g/mol. The molecule has 5 heteroatoms. The fourth-order valence-electron chi connectivity index (χ4n) is 2.12. The number of amides is 1. The smallest absolute Gasteiger partial charge is 0.220 e. The number of ether oxygens (including phenoxy) is 1. The maximum absolute atomic E-state index is 13.2. The fraction of sp³-hybridized carbons (Fsp3) is 0.278. The molecule has 3 nitrogen and oxygen atoms in total. The van der Waals surface area contributed by atoms with E-state index in [1.165, 1.54) is 12.1 Å². The first-order chi connectivity index (χ1) is 11.2. The van der Waals surface area contributed by atoms with Gasteiger partial charge in [-0.1, -0.05) is 30.3 Å². The van der Waals surface area contributed by atoms with Crippen molar-refractivity contribution in [2.75, 3.05) is 19.4 Å². The molecule has 0 aromatic heterocycles. The molecule has 2 aromatic rings. The number of methoxy groups -OCH3 is 1. The van der Waals surface area contributed by atoms with Crippen LogP contribution in [0.1, 0.15) is 18.1 Å². The molecule has 2 rings (SSSR count). The molecule has 0 radical (unpaired) electrons. The molecule has 0 fully saturated rings. The highest BCUT2D eigenvalue weighted by Crippen LogP contribution is 2.18. The Kier molecular flexibility index (Phi) is 7.10. The summed E-state index contributed by atoms with van der Waals surface area (Å²) in [5, 5.41) is 2.84. The first kappa shape index (κ1) is 17.5. The molecule has 0 bridgehead atoms. The lowest BCUT2D eigenvalue weighted by Gasteiger charge is -2.16. The quantitative estimate of drug-likeness (QED) is 0.747. The van der Waals surface area contributed by atoms with E-state index in [1.807, 2.05) is 30.3 Å². The minimum absolute atomic E-state index is 0.0353. The van der Waals surface area contributed by atoms with Crippen molar-refractivity contribution in [2.45, 2.75) is 17.4 Å². The minimum Gasteiger partial charge on any atom is -0.375 e. The molecule has 0 saturated heterocycles. The largest absolute Gasteiger partial charge is 0.375 e. The zero-order valence-electron chi connectivity index (χ0n) is 13.0. The van der Waals surface area contributed by atoms with Gasteiger partial charge in [-0.05, 0) is 29.8 Å². The van der Waals surface area contributed by atoms with Gasteiger partial charge in [-0.3, -0.25) is 4.79 Å². The maximum atomic E-state index is 13.2. The van der Waals surface area contributed by atoms with E-state index in [2.05, 4.69) is 5.32 Å². The van der Waals surface area contributed by atoms with Crippen LogP contribution in [-0.2, 0) is 9.53 Å². The van der Waals surface area contributed by atoms with E-state index in [4.69, 9.17) is 4.74 Å². The normalized spacial score (nSPS) is 11.9. The summed E-state index contributed by atoms with van der Waals surface area (Å²) < 4.78 is 18.6. The van der Waals surface area contributed by atoms with Gasteiger partial charge in [-0.2, -0.15) is 0 Å². The number of hydrogen-bond donors (Lipinski definition) is 1. The summed E-state index contributed by atoms with van der Waals surface area (Å²) in [6.07, 6.45) is 0.0792. The SMILES string of the molecule is COC(CNC(=O)CCSc1ccccc1)c1cccc(F)c1. The molecule has 1 atom stereocenters. The number of carbonyl (C=O) groups excluding carboxylic acids is 1. The molecule has 1 amide bonds. The standard InChI is InChI=1S/C18H20FNO2S/c1-22-17(14-6-5-7-15(19)12-14)13-20-18(21)10-11-23-16-8-3-2-4-9-16/h2-9,12,17H,10-11,13H2,1H3,(H,20,21). The maximum Gasteiger partial charge on any atom is 0.220 e. The molecular weight excluding hydrogens is 313 g/mol. The van der Waals surface area contributed by atoms with E-state index >= 15 is 0 Å². The van der Waals surface area contributed by atoms with Crippen LogP contribution in [0.3, 0.4) is 0 Å². The Balaban J connectivity index is 1.74. The second kappa shape index (κ2) is 9.33. The lowest BCUT2D eigenvalue weighted by molar-refractivity contribution is -0.121. The van der Waals surface area contributed by atoms with Gasteiger partial charge in [0.15, 0.2) is 0 Å². The van der Waals surface area contributed by atoms with Crippen molar-refractivity contribution in [3.63, 3.8) is 0 Å². The predicted molar refractivity (Wildman–Crippen MR) is 90.9 cm³/mol. The summed E-state index contributed by atoms with van der Waals surface area (Å²) in [5.41, 5.74) is 0.714. The van der Waals surface area contributed by atoms with Crippen LogP contribution in [0.15, 0.2) is 59.5 Å². The van der Waals surface area contributed by atoms with E-state index in [-0.39, 0.29) is 17.8 Å².